The lowest BCUT2D eigenvalue weighted by Crippen LogP contribution is -2.38. The van der Waals surface area contributed by atoms with Gasteiger partial charge in [-0.1, -0.05) is 0 Å². The molecule has 1 saturated heterocycles. The van der Waals surface area contributed by atoms with Crippen LogP contribution in [0.2, 0.25) is 0 Å². The fraction of sp³-hybridized carbons (Fsp3) is 0.333. The Hall–Kier alpha value is -2.94. The minimum Gasteiger partial charge on any atom is -0.504 e. The molecule has 9 heteroatoms. The van der Waals surface area contributed by atoms with Gasteiger partial charge in [-0.3, -0.25) is 4.99 Å². The Morgan fingerprint density at radius 2 is 1.12 bits per heavy atom. The van der Waals surface area contributed by atoms with Gasteiger partial charge < -0.3 is 36.0 Å². The van der Waals surface area contributed by atoms with Crippen molar-refractivity contribution in [3.05, 3.63) is 10.7 Å². The summed E-state index contributed by atoms with van der Waals surface area (Å²) in [5, 5.41) is 62.8. The Balaban J connectivity index is 2.22. The Morgan fingerprint density at radius 3 is 1.75 bits per heavy atom. The first-order chi connectivity index (χ1) is 11.4. The van der Waals surface area contributed by atoms with Crippen LogP contribution >= 0.6 is 0 Å². The SMILES string of the molecule is Oc1c(O)c(O)c2c3c(c(O)c(O)c2c1O)=NC1(CCNCC1)N=3. The third-order valence-electron chi connectivity index (χ3n) is 4.59. The van der Waals surface area contributed by atoms with Crippen LogP contribution in [0.3, 0.4) is 0 Å². The van der Waals surface area contributed by atoms with Crippen molar-refractivity contribution in [2.75, 3.05) is 13.1 Å². The topological polar surface area (TPSA) is 158 Å². The molecule has 126 valence electrons. The number of phenols is 6. The standard InChI is InChI=1S/C15H15N3O6/c19-9-5-6(11(21)14(24)13(9)23)10(20)12(22)8-7(5)17-15(18-8)1-3-16-4-2-15/h16,19-24H,1-4H2. The Bertz CT molecular complexity index is 1010. The molecule has 0 atom stereocenters. The maximum absolute atomic E-state index is 10.2. The molecule has 0 radical (unpaired) electrons. The maximum atomic E-state index is 10.2. The summed E-state index contributed by atoms with van der Waals surface area (Å²) in [5.74, 6) is -4.91. The summed E-state index contributed by atoms with van der Waals surface area (Å²) in [6.45, 7) is 1.32. The molecule has 0 unspecified atom stereocenters. The van der Waals surface area contributed by atoms with Crippen molar-refractivity contribution in [2.24, 2.45) is 9.98 Å². The number of phenolic OH excluding ortho intramolecular Hbond substituents is 6. The zero-order chi connectivity index (χ0) is 17.2. The zero-order valence-corrected chi connectivity index (χ0v) is 12.4. The first-order valence-electron chi connectivity index (χ1n) is 7.40. The fourth-order valence-electron chi connectivity index (χ4n) is 3.33. The highest BCUT2D eigenvalue weighted by molar-refractivity contribution is 6.02. The predicted molar refractivity (Wildman–Crippen MR) is 81.1 cm³/mol. The lowest BCUT2D eigenvalue weighted by Gasteiger charge is -2.27. The molecule has 2 aliphatic heterocycles. The normalized spacial score (nSPS) is 18.3. The molecule has 1 fully saturated rings. The van der Waals surface area contributed by atoms with Crippen LogP contribution < -0.4 is 16.0 Å². The second-order valence-electron chi connectivity index (χ2n) is 5.99. The number of fused-ring (bicyclic) bond motifs is 3. The molecule has 0 bridgehead atoms. The second kappa shape index (κ2) is 4.54. The van der Waals surface area contributed by atoms with E-state index in [0.717, 1.165) is 0 Å². The number of piperidine rings is 1. The van der Waals surface area contributed by atoms with Crippen LogP contribution in [0.4, 0.5) is 0 Å². The van der Waals surface area contributed by atoms with E-state index < -0.39 is 45.5 Å². The summed E-state index contributed by atoms with van der Waals surface area (Å²) in [4.78, 5) is 8.93. The highest BCUT2D eigenvalue weighted by Gasteiger charge is 2.36. The van der Waals surface area contributed by atoms with Gasteiger partial charge in [-0.05, 0) is 13.1 Å². The van der Waals surface area contributed by atoms with Crippen molar-refractivity contribution in [1.29, 1.82) is 0 Å². The highest BCUT2D eigenvalue weighted by Crippen LogP contribution is 2.51. The van der Waals surface area contributed by atoms with E-state index in [9.17, 15) is 30.6 Å². The third kappa shape index (κ3) is 1.67. The molecule has 2 aromatic carbocycles. The number of nitrogens with one attached hydrogen (secondary N) is 1. The molecule has 0 amide bonds. The van der Waals surface area contributed by atoms with Crippen molar-refractivity contribution in [1.82, 2.24) is 5.32 Å². The number of nitrogens with zero attached hydrogens (tertiary/aromatic N) is 2. The molecule has 9 nitrogen and oxygen atoms in total. The molecule has 0 aromatic heterocycles. The van der Waals surface area contributed by atoms with Crippen LogP contribution in [-0.2, 0) is 0 Å². The van der Waals surface area contributed by atoms with Gasteiger partial charge >= 0.3 is 0 Å². The molecule has 24 heavy (non-hydrogen) atoms. The Morgan fingerprint density at radius 1 is 0.625 bits per heavy atom. The number of rotatable bonds is 0. The Kier molecular flexibility index (Phi) is 2.77. The summed E-state index contributed by atoms with van der Waals surface area (Å²) in [7, 11) is 0. The van der Waals surface area contributed by atoms with Crippen LogP contribution in [0.15, 0.2) is 9.98 Å². The van der Waals surface area contributed by atoms with E-state index in [2.05, 4.69) is 15.3 Å². The summed E-state index contributed by atoms with van der Waals surface area (Å²) in [6, 6.07) is 0. The van der Waals surface area contributed by atoms with Crippen LogP contribution in [0.1, 0.15) is 12.8 Å². The number of hydrogen-bond acceptors (Lipinski definition) is 9. The summed E-state index contributed by atoms with van der Waals surface area (Å²) in [5.41, 5.74) is -0.832. The molecule has 2 aromatic rings. The molecular formula is C15H15N3O6. The smallest absolute Gasteiger partial charge is 0.205 e. The number of benzene rings is 2. The fourth-order valence-corrected chi connectivity index (χ4v) is 3.33. The number of hydrogen-bond donors (Lipinski definition) is 7. The highest BCUT2D eigenvalue weighted by atomic mass is 16.3. The van der Waals surface area contributed by atoms with Gasteiger partial charge in [-0.15, -0.1) is 0 Å². The lowest BCUT2D eigenvalue weighted by atomic mass is 10.0. The van der Waals surface area contributed by atoms with Crippen molar-refractivity contribution < 1.29 is 30.6 Å². The molecule has 2 aliphatic rings. The number of aromatic hydroxyl groups is 6. The average molecular weight is 333 g/mol. The van der Waals surface area contributed by atoms with Crippen molar-refractivity contribution >= 4 is 10.8 Å². The largest absolute Gasteiger partial charge is 0.504 e. The van der Waals surface area contributed by atoms with E-state index in [-0.39, 0.29) is 16.1 Å². The first-order valence-corrected chi connectivity index (χ1v) is 7.40. The second-order valence-corrected chi connectivity index (χ2v) is 5.99. The zero-order valence-electron chi connectivity index (χ0n) is 12.4. The van der Waals surface area contributed by atoms with Gasteiger partial charge in [0.2, 0.25) is 11.5 Å². The summed E-state index contributed by atoms with van der Waals surface area (Å²) in [6.07, 6.45) is 1.11. The van der Waals surface area contributed by atoms with Crippen LogP contribution in [-0.4, -0.2) is 49.4 Å². The molecule has 1 spiro atoms. The molecule has 0 saturated carbocycles. The van der Waals surface area contributed by atoms with Crippen LogP contribution in [0.25, 0.3) is 10.8 Å². The van der Waals surface area contributed by atoms with Gasteiger partial charge in [0.15, 0.2) is 28.7 Å². The lowest BCUT2D eigenvalue weighted by molar-refractivity contribution is 0.322. The van der Waals surface area contributed by atoms with Gasteiger partial charge in [0.1, 0.15) is 10.7 Å². The van der Waals surface area contributed by atoms with Crippen molar-refractivity contribution in [3.8, 4) is 34.5 Å². The minimum atomic E-state index is -0.999. The Labute approximate surface area is 134 Å². The van der Waals surface area contributed by atoms with Crippen LogP contribution in [0, 0.1) is 0 Å². The first kappa shape index (κ1) is 14.6. The molecule has 4 rings (SSSR count). The van der Waals surface area contributed by atoms with E-state index in [1.54, 1.807) is 0 Å². The maximum Gasteiger partial charge on any atom is 0.205 e. The quantitative estimate of drug-likeness (QED) is 0.251. The van der Waals surface area contributed by atoms with Crippen LogP contribution in [0.5, 0.6) is 34.5 Å². The van der Waals surface area contributed by atoms with Gasteiger partial charge in [-0.25, -0.2) is 4.99 Å². The minimum absolute atomic E-state index is 0.0123. The monoisotopic (exact) mass is 333 g/mol. The third-order valence-corrected chi connectivity index (χ3v) is 4.59. The van der Waals surface area contributed by atoms with E-state index in [1.165, 1.54) is 0 Å². The predicted octanol–water partition coefficient (Wildman–Crippen LogP) is -0.594. The van der Waals surface area contributed by atoms with E-state index >= 15 is 0 Å². The average Bonchev–Trinajstić information content (AvgIpc) is 2.93. The van der Waals surface area contributed by atoms with Gasteiger partial charge in [-0.2, -0.15) is 0 Å². The molecule has 0 aliphatic carbocycles. The van der Waals surface area contributed by atoms with E-state index in [1.807, 2.05) is 0 Å². The molecular weight excluding hydrogens is 318 g/mol. The summed E-state index contributed by atoms with van der Waals surface area (Å²) < 4.78 is 0. The molecule has 2 heterocycles. The van der Waals surface area contributed by atoms with E-state index in [0.29, 0.717) is 25.9 Å². The van der Waals surface area contributed by atoms with Crippen molar-refractivity contribution in [3.63, 3.8) is 0 Å². The van der Waals surface area contributed by atoms with Gasteiger partial charge in [0, 0.05) is 12.8 Å². The summed E-state index contributed by atoms with van der Waals surface area (Å²) >= 11 is 0. The van der Waals surface area contributed by atoms with E-state index in [4.69, 9.17) is 0 Å². The van der Waals surface area contributed by atoms with Gasteiger partial charge in [0.25, 0.3) is 0 Å². The van der Waals surface area contributed by atoms with Gasteiger partial charge in [0.05, 0.1) is 10.8 Å². The van der Waals surface area contributed by atoms with Crippen molar-refractivity contribution in [2.45, 2.75) is 18.5 Å². The molecule has 7 N–H and O–H groups in total.